The molecule has 3 aromatic carbocycles. The Bertz CT molecular complexity index is 939. The van der Waals surface area contributed by atoms with Gasteiger partial charge in [-0.15, -0.1) is 0 Å². The van der Waals surface area contributed by atoms with Gasteiger partial charge in [-0.3, -0.25) is 4.79 Å². The van der Waals surface area contributed by atoms with E-state index in [1.54, 1.807) is 0 Å². The lowest BCUT2D eigenvalue weighted by atomic mass is 10.1. The van der Waals surface area contributed by atoms with Crippen molar-refractivity contribution in [1.82, 2.24) is 4.72 Å². The lowest BCUT2D eigenvalue weighted by Gasteiger charge is -2.02. The van der Waals surface area contributed by atoms with Crippen LogP contribution >= 0.6 is 11.9 Å². The van der Waals surface area contributed by atoms with E-state index in [0.717, 1.165) is 16.0 Å². The number of fused-ring (bicyclic) bond motifs is 1. The molecule has 1 N–H and O–H groups in total. The topological polar surface area (TPSA) is 38.3 Å². The van der Waals surface area contributed by atoms with Crippen LogP contribution in [0, 0.1) is 11.8 Å². The maximum Gasteiger partial charge on any atom is 0.320 e. The molecule has 3 aromatic rings. The highest BCUT2D eigenvalue weighted by Gasteiger charge is 2.00. The van der Waals surface area contributed by atoms with E-state index in [0.29, 0.717) is 0 Å². The van der Waals surface area contributed by atoms with Crippen molar-refractivity contribution < 1.29 is 9.53 Å². The molecule has 0 atom stereocenters. The first-order valence-corrected chi connectivity index (χ1v) is 8.64. The summed E-state index contributed by atoms with van der Waals surface area (Å²) in [5.41, 5.74) is 1.95. The number of esters is 1. The molecule has 0 aliphatic rings. The number of methoxy groups -OCH3 is 1. The van der Waals surface area contributed by atoms with Gasteiger partial charge in [0.1, 0.15) is 6.54 Å². The highest BCUT2D eigenvalue weighted by Crippen LogP contribution is 2.16. The molecule has 0 fully saturated rings. The minimum atomic E-state index is -0.287. The van der Waals surface area contributed by atoms with Crippen molar-refractivity contribution in [1.29, 1.82) is 0 Å². The van der Waals surface area contributed by atoms with Crippen LogP contribution < -0.4 is 4.72 Å². The van der Waals surface area contributed by atoms with E-state index in [4.69, 9.17) is 0 Å². The quantitative estimate of drug-likeness (QED) is 0.440. The van der Waals surface area contributed by atoms with Crippen LogP contribution in [0.15, 0.2) is 71.6 Å². The zero-order valence-electron chi connectivity index (χ0n) is 13.8. The maximum atomic E-state index is 11.0. The van der Waals surface area contributed by atoms with Gasteiger partial charge in [0.25, 0.3) is 0 Å². The number of benzene rings is 3. The third-order valence-electron chi connectivity index (χ3n) is 3.59. The van der Waals surface area contributed by atoms with Gasteiger partial charge in [0.05, 0.1) is 7.11 Å². The molecule has 3 nitrogen and oxygen atoms in total. The number of rotatable bonds is 4. The second-order valence-electron chi connectivity index (χ2n) is 5.34. The molecular formula is C21H17NO2S. The van der Waals surface area contributed by atoms with Crippen molar-refractivity contribution in [3.05, 3.63) is 77.9 Å². The molecule has 25 heavy (non-hydrogen) atoms. The molecule has 0 heterocycles. The highest BCUT2D eigenvalue weighted by molar-refractivity contribution is 7.97. The highest BCUT2D eigenvalue weighted by atomic mass is 32.2. The fraction of sp³-hybridized carbons (Fsp3) is 0.0952. The first-order valence-electron chi connectivity index (χ1n) is 7.82. The van der Waals surface area contributed by atoms with Crippen molar-refractivity contribution in [2.24, 2.45) is 0 Å². The van der Waals surface area contributed by atoms with Gasteiger partial charge in [0.2, 0.25) is 0 Å². The standard InChI is InChI=1S/C21H17NO2S/c1-24-21(23)15-22-25-20-12-9-16(10-13-20)6-7-17-8-11-18-4-2-3-5-19(18)14-17/h2-5,8-14,22H,15H2,1H3. The Hall–Kier alpha value is -2.74. The molecule has 0 unspecified atom stereocenters. The maximum absolute atomic E-state index is 11.0. The second-order valence-corrected chi connectivity index (χ2v) is 6.30. The van der Waals surface area contributed by atoms with Gasteiger partial charge in [-0.1, -0.05) is 42.2 Å². The molecule has 0 aliphatic heterocycles. The molecular weight excluding hydrogens is 330 g/mol. The molecule has 0 saturated heterocycles. The predicted molar refractivity (Wildman–Crippen MR) is 102 cm³/mol. The van der Waals surface area contributed by atoms with Crippen LogP contribution in [-0.4, -0.2) is 19.6 Å². The van der Waals surface area contributed by atoms with Crippen LogP contribution in [0.1, 0.15) is 11.1 Å². The number of nitrogens with one attached hydrogen (secondary N) is 1. The van der Waals surface area contributed by atoms with Gasteiger partial charge in [-0.05, 0) is 59.1 Å². The summed E-state index contributed by atoms with van der Waals surface area (Å²) < 4.78 is 7.53. The van der Waals surface area contributed by atoms with Crippen LogP contribution in [-0.2, 0) is 9.53 Å². The van der Waals surface area contributed by atoms with Crippen LogP contribution in [0.25, 0.3) is 10.8 Å². The molecule has 4 heteroatoms. The average Bonchev–Trinajstić information content (AvgIpc) is 2.67. The Kier molecular flexibility index (Phi) is 5.73. The van der Waals surface area contributed by atoms with Crippen molar-refractivity contribution in [2.75, 3.05) is 13.7 Å². The van der Waals surface area contributed by atoms with E-state index in [-0.39, 0.29) is 12.5 Å². The van der Waals surface area contributed by atoms with Crippen LogP contribution in [0.3, 0.4) is 0 Å². The molecule has 0 amide bonds. The average molecular weight is 347 g/mol. The minimum absolute atomic E-state index is 0.171. The van der Waals surface area contributed by atoms with Crippen molar-refractivity contribution >= 4 is 28.7 Å². The monoisotopic (exact) mass is 347 g/mol. The Morgan fingerprint density at radius 2 is 1.64 bits per heavy atom. The number of hydrogen-bond donors (Lipinski definition) is 1. The van der Waals surface area contributed by atoms with Crippen LogP contribution in [0.2, 0.25) is 0 Å². The fourth-order valence-corrected chi connectivity index (χ4v) is 2.90. The Labute approximate surface area is 151 Å². The van der Waals surface area contributed by atoms with E-state index in [1.165, 1.54) is 29.8 Å². The molecule has 0 aromatic heterocycles. The third kappa shape index (κ3) is 4.87. The summed E-state index contributed by atoms with van der Waals surface area (Å²) in [5.74, 6) is 6.10. The molecule has 124 valence electrons. The van der Waals surface area contributed by atoms with Crippen LogP contribution in [0.4, 0.5) is 0 Å². The lowest BCUT2D eigenvalue weighted by Crippen LogP contribution is -2.17. The van der Waals surface area contributed by atoms with Crippen molar-refractivity contribution in [2.45, 2.75) is 4.90 Å². The molecule has 0 spiro atoms. The molecule has 0 saturated carbocycles. The SMILES string of the molecule is COC(=O)CNSc1ccc(C#Cc2ccc3ccccc3c2)cc1. The van der Waals surface area contributed by atoms with E-state index in [1.807, 2.05) is 42.5 Å². The van der Waals surface area contributed by atoms with E-state index < -0.39 is 0 Å². The summed E-state index contributed by atoms with van der Waals surface area (Å²) in [6.45, 7) is 0.171. The van der Waals surface area contributed by atoms with E-state index in [2.05, 4.69) is 45.6 Å². The first kappa shape index (κ1) is 17.1. The lowest BCUT2D eigenvalue weighted by molar-refractivity contribution is -0.139. The largest absolute Gasteiger partial charge is 0.468 e. The number of hydrogen-bond acceptors (Lipinski definition) is 4. The number of carbonyl (C=O) groups is 1. The van der Waals surface area contributed by atoms with Gasteiger partial charge in [-0.2, -0.15) is 0 Å². The minimum Gasteiger partial charge on any atom is -0.468 e. The molecule has 3 rings (SSSR count). The normalized spacial score (nSPS) is 10.1. The van der Waals surface area contributed by atoms with Gasteiger partial charge in [0, 0.05) is 16.0 Å². The first-order chi connectivity index (χ1) is 12.2. The Morgan fingerprint density at radius 3 is 2.40 bits per heavy atom. The summed E-state index contributed by atoms with van der Waals surface area (Å²) in [4.78, 5) is 12.1. The Morgan fingerprint density at radius 1 is 0.960 bits per heavy atom. The summed E-state index contributed by atoms with van der Waals surface area (Å²) >= 11 is 1.39. The van der Waals surface area contributed by atoms with Crippen molar-refractivity contribution in [3.63, 3.8) is 0 Å². The van der Waals surface area contributed by atoms with Crippen LogP contribution in [0.5, 0.6) is 0 Å². The molecule has 0 bridgehead atoms. The van der Waals surface area contributed by atoms with Gasteiger partial charge in [0.15, 0.2) is 0 Å². The summed E-state index contributed by atoms with van der Waals surface area (Å²) in [5, 5.41) is 2.41. The third-order valence-corrected chi connectivity index (χ3v) is 4.39. The molecule has 0 aliphatic carbocycles. The van der Waals surface area contributed by atoms with E-state index >= 15 is 0 Å². The zero-order chi connectivity index (χ0) is 17.5. The smallest absolute Gasteiger partial charge is 0.320 e. The molecule has 0 radical (unpaired) electrons. The zero-order valence-corrected chi connectivity index (χ0v) is 14.6. The van der Waals surface area contributed by atoms with Crippen molar-refractivity contribution in [3.8, 4) is 11.8 Å². The summed E-state index contributed by atoms with van der Waals surface area (Å²) in [6, 6.07) is 22.4. The summed E-state index contributed by atoms with van der Waals surface area (Å²) in [6.07, 6.45) is 0. The number of ether oxygens (including phenoxy) is 1. The van der Waals surface area contributed by atoms with Gasteiger partial charge in [-0.25, -0.2) is 4.72 Å². The van der Waals surface area contributed by atoms with E-state index in [9.17, 15) is 4.79 Å². The fourth-order valence-electron chi connectivity index (χ4n) is 2.27. The van der Waals surface area contributed by atoms with Gasteiger partial charge >= 0.3 is 5.97 Å². The Balaban J connectivity index is 1.65. The van der Waals surface area contributed by atoms with Gasteiger partial charge < -0.3 is 4.74 Å². The predicted octanol–water partition coefficient (Wildman–Crippen LogP) is 4.01. The summed E-state index contributed by atoms with van der Waals surface area (Å²) in [7, 11) is 1.37. The second kappa shape index (κ2) is 8.39. The number of carbonyl (C=O) groups excluding carboxylic acids is 1.